The van der Waals surface area contributed by atoms with Crippen LogP contribution in [0, 0.1) is 24.2 Å². The number of aryl methyl sites for hydroxylation is 2. The molecule has 0 spiro atoms. The molecule has 18 heavy (non-hydrogen) atoms. The molecule has 2 rings (SSSR count). The highest BCUT2D eigenvalue weighted by atomic mass is 16.5. The molecule has 0 bridgehead atoms. The third-order valence-electron chi connectivity index (χ3n) is 3.31. The van der Waals surface area contributed by atoms with Gasteiger partial charge < -0.3 is 10.5 Å². The SMILES string of the molecule is CCn1nc(C)c2c1OC(N)=C(C#N)[C@H]2C(C)C. The number of allylic oxidation sites excluding steroid dienone is 1. The van der Waals surface area contributed by atoms with Crippen LogP contribution >= 0.6 is 0 Å². The summed E-state index contributed by atoms with van der Waals surface area (Å²) in [6.45, 7) is 8.82. The van der Waals surface area contributed by atoms with Crippen molar-refractivity contribution >= 4 is 0 Å². The van der Waals surface area contributed by atoms with Crippen LogP contribution in [0.15, 0.2) is 11.5 Å². The third kappa shape index (κ3) is 1.65. The first kappa shape index (κ1) is 12.5. The van der Waals surface area contributed by atoms with Crippen LogP contribution in [-0.2, 0) is 6.54 Å². The van der Waals surface area contributed by atoms with Crippen LogP contribution < -0.4 is 10.5 Å². The van der Waals surface area contributed by atoms with Gasteiger partial charge in [0, 0.05) is 18.0 Å². The van der Waals surface area contributed by atoms with Gasteiger partial charge in [-0.3, -0.25) is 0 Å². The van der Waals surface area contributed by atoms with E-state index in [-0.39, 0.29) is 17.7 Å². The Hall–Kier alpha value is -1.96. The summed E-state index contributed by atoms with van der Waals surface area (Å²) in [5, 5.41) is 13.7. The molecule has 0 unspecified atom stereocenters. The lowest BCUT2D eigenvalue weighted by atomic mass is 9.81. The van der Waals surface area contributed by atoms with E-state index in [2.05, 4.69) is 25.0 Å². The zero-order valence-electron chi connectivity index (χ0n) is 11.2. The van der Waals surface area contributed by atoms with Crippen molar-refractivity contribution in [1.82, 2.24) is 9.78 Å². The number of fused-ring (bicyclic) bond motifs is 1. The molecule has 2 N–H and O–H groups in total. The fourth-order valence-corrected chi connectivity index (χ4v) is 2.50. The number of nitrogens with zero attached hydrogens (tertiary/aromatic N) is 3. The fraction of sp³-hybridized carbons (Fsp3) is 0.538. The van der Waals surface area contributed by atoms with Gasteiger partial charge in [0.15, 0.2) is 0 Å². The molecule has 0 aromatic carbocycles. The first-order valence-electron chi connectivity index (χ1n) is 6.16. The predicted octanol–water partition coefficient (Wildman–Crippen LogP) is 2.04. The number of nitriles is 1. The van der Waals surface area contributed by atoms with Crippen LogP contribution in [0.5, 0.6) is 5.88 Å². The first-order chi connectivity index (χ1) is 8.51. The van der Waals surface area contributed by atoms with Crippen LogP contribution in [0.1, 0.15) is 37.9 Å². The van der Waals surface area contributed by atoms with E-state index in [9.17, 15) is 5.26 Å². The normalized spacial score (nSPS) is 18.6. The number of nitrogens with two attached hydrogens (primary N) is 1. The number of ether oxygens (including phenoxy) is 1. The molecular weight excluding hydrogens is 228 g/mol. The van der Waals surface area contributed by atoms with Gasteiger partial charge in [-0.25, -0.2) is 4.68 Å². The number of hydrogen-bond acceptors (Lipinski definition) is 4. The van der Waals surface area contributed by atoms with E-state index >= 15 is 0 Å². The smallest absolute Gasteiger partial charge is 0.223 e. The second-order valence-corrected chi connectivity index (χ2v) is 4.83. The minimum Gasteiger partial charge on any atom is -0.422 e. The molecule has 5 nitrogen and oxygen atoms in total. The Morgan fingerprint density at radius 3 is 2.72 bits per heavy atom. The van der Waals surface area contributed by atoms with Crippen molar-refractivity contribution in [3.63, 3.8) is 0 Å². The Morgan fingerprint density at radius 2 is 2.22 bits per heavy atom. The van der Waals surface area contributed by atoms with Crippen LogP contribution in [0.3, 0.4) is 0 Å². The van der Waals surface area contributed by atoms with Crippen molar-refractivity contribution in [2.45, 2.75) is 40.2 Å². The maximum atomic E-state index is 9.27. The molecule has 0 aliphatic carbocycles. The van der Waals surface area contributed by atoms with Crippen molar-refractivity contribution in [3.05, 3.63) is 22.7 Å². The average molecular weight is 246 g/mol. The largest absolute Gasteiger partial charge is 0.422 e. The second kappa shape index (κ2) is 4.37. The van der Waals surface area contributed by atoms with E-state index in [1.54, 1.807) is 4.68 Å². The zero-order valence-corrected chi connectivity index (χ0v) is 11.2. The summed E-state index contributed by atoms with van der Waals surface area (Å²) in [6, 6.07) is 2.17. The Bertz CT molecular complexity index is 548. The summed E-state index contributed by atoms with van der Waals surface area (Å²) in [4.78, 5) is 0. The molecule has 1 atom stereocenters. The van der Waals surface area contributed by atoms with Gasteiger partial charge in [0.25, 0.3) is 0 Å². The second-order valence-electron chi connectivity index (χ2n) is 4.83. The predicted molar refractivity (Wildman–Crippen MR) is 67.7 cm³/mol. The first-order valence-corrected chi connectivity index (χ1v) is 6.16. The topological polar surface area (TPSA) is 76.9 Å². The molecule has 2 heterocycles. The Morgan fingerprint density at radius 1 is 1.56 bits per heavy atom. The highest BCUT2D eigenvalue weighted by Crippen LogP contribution is 2.43. The minimum absolute atomic E-state index is 0.0287. The van der Waals surface area contributed by atoms with Crippen LogP contribution in [-0.4, -0.2) is 9.78 Å². The number of rotatable bonds is 2. The van der Waals surface area contributed by atoms with E-state index in [0.717, 1.165) is 17.8 Å². The van der Waals surface area contributed by atoms with E-state index in [0.29, 0.717) is 11.5 Å². The van der Waals surface area contributed by atoms with Gasteiger partial charge in [-0.05, 0) is 19.8 Å². The van der Waals surface area contributed by atoms with E-state index < -0.39 is 0 Å². The van der Waals surface area contributed by atoms with E-state index in [4.69, 9.17) is 10.5 Å². The summed E-state index contributed by atoms with van der Waals surface area (Å²) in [5.74, 6) is 1.14. The minimum atomic E-state index is -0.0287. The third-order valence-corrected chi connectivity index (χ3v) is 3.31. The monoisotopic (exact) mass is 246 g/mol. The van der Waals surface area contributed by atoms with Crippen molar-refractivity contribution < 1.29 is 4.74 Å². The Balaban J connectivity index is 2.66. The lowest BCUT2D eigenvalue weighted by molar-refractivity contribution is 0.336. The van der Waals surface area contributed by atoms with Gasteiger partial charge >= 0.3 is 0 Å². The quantitative estimate of drug-likeness (QED) is 0.866. The molecule has 0 fully saturated rings. The van der Waals surface area contributed by atoms with Gasteiger partial charge in [0.2, 0.25) is 11.8 Å². The number of aromatic nitrogens is 2. The summed E-state index contributed by atoms with van der Waals surface area (Å²) >= 11 is 0. The summed E-state index contributed by atoms with van der Waals surface area (Å²) in [5.41, 5.74) is 8.28. The van der Waals surface area contributed by atoms with Crippen molar-refractivity contribution in [1.29, 1.82) is 5.26 Å². The molecule has 0 saturated carbocycles. The molecular formula is C13H18N4O. The highest BCUT2D eigenvalue weighted by Gasteiger charge is 2.35. The van der Waals surface area contributed by atoms with E-state index in [1.165, 1.54) is 0 Å². The molecule has 0 radical (unpaired) electrons. The molecule has 96 valence electrons. The van der Waals surface area contributed by atoms with Crippen molar-refractivity contribution in [2.24, 2.45) is 11.7 Å². The molecule has 5 heteroatoms. The van der Waals surface area contributed by atoms with Crippen LogP contribution in [0.2, 0.25) is 0 Å². The summed E-state index contributed by atoms with van der Waals surface area (Å²) in [6.07, 6.45) is 0. The maximum Gasteiger partial charge on any atom is 0.223 e. The standard InChI is InChI=1S/C13H18N4O/c1-5-17-13-11(8(4)16-17)10(7(2)3)9(6-14)12(15)18-13/h7,10H,5,15H2,1-4H3/t10-/m1/s1. The van der Waals surface area contributed by atoms with Gasteiger partial charge in [-0.15, -0.1) is 0 Å². The molecule has 1 aliphatic rings. The van der Waals surface area contributed by atoms with E-state index in [1.807, 2.05) is 13.8 Å². The summed E-state index contributed by atoms with van der Waals surface area (Å²) < 4.78 is 7.39. The van der Waals surface area contributed by atoms with Gasteiger partial charge in [0.1, 0.15) is 6.07 Å². The molecule has 1 aliphatic heterocycles. The molecule has 0 amide bonds. The van der Waals surface area contributed by atoms with Gasteiger partial charge in [0.05, 0.1) is 11.3 Å². The molecule has 1 aromatic rings. The molecule has 0 saturated heterocycles. The average Bonchev–Trinajstić information content (AvgIpc) is 2.63. The van der Waals surface area contributed by atoms with Gasteiger partial charge in [-0.2, -0.15) is 10.4 Å². The maximum absolute atomic E-state index is 9.27. The fourth-order valence-electron chi connectivity index (χ4n) is 2.50. The summed E-state index contributed by atoms with van der Waals surface area (Å²) in [7, 11) is 0. The highest BCUT2D eigenvalue weighted by molar-refractivity contribution is 5.49. The van der Waals surface area contributed by atoms with Crippen molar-refractivity contribution in [3.8, 4) is 11.9 Å². The number of hydrogen-bond donors (Lipinski definition) is 1. The Kier molecular flexibility index (Phi) is 3.04. The lowest BCUT2D eigenvalue weighted by Gasteiger charge is -2.26. The molecule has 1 aromatic heterocycles. The van der Waals surface area contributed by atoms with Crippen LogP contribution in [0.25, 0.3) is 0 Å². The van der Waals surface area contributed by atoms with Gasteiger partial charge in [-0.1, -0.05) is 13.8 Å². The van der Waals surface area contributed by atoms with Crippen LogP contribution in [0.4, 0.5) is 0 Å². The van der Waals surface area contributed by atoms with Crippen molar-refractivity contribution in [2.75, 3.05) is 0 Å². The lowest BCUT2D eigenvalue weighted by Crippen LogP contribution is -2.24. The zero-order chi connectivity index (χ0) is 13.4. The Labute approximate surface area is 107 Å².